The summed E-state index contributed by atoms with van der Waals surface area (Å²) in [6.07, 6.45) is -5.22. The molecule has 1 rings (SSSR count). The first-order chi connectivity index (χ1) is 9.61. The largest absolute Gasteiger partial charge is 0.416 e. The Hall–Kier alpha value is -1.56. The number of aliphatic hydroxyl groups is 1. The van der Waals surface area contributed by atoms with Crippen molar-refractivity contribution in [2.75, 3.05) is 6.54 Å². The van der Waals surface area contributed by atoms with Crippen LogP contribution in [0.2, 0.25) is 0 Å². The summed E-state index contributed by atoms with van der Waals surface area (Å²) >= 11 is 0. The van der Waals surface area contributed by atoms with Crippen LogP contribution in [0, 0.1) is 0 Å². The third-order valence-corrected chi connectivity index (χ3v) is 3.01. The summed E-state index contributed by atoms with van der Waals surface area (Å²) in [5.41, 5.74) is -0.453. The second kappa shape index (κ2) is 6.93. The van der Waals surface area contributed by atoms with Gasteiger partial charge in [0.25, 0.3) is 0 Å². The van der Waals surface area contributed by atoms with E-state index in [1.54, 1.807) is 20.8 Å². The number of halogens is 3. The quantitative estimate of drug-likeness (QED) is 0.908. The molecule has 0 spiro atoms. The Labute approximate surface area is 122 Å². The lowest BCUT2D eigenvalue weighted by atomic mass is 10.1. The molecule has 0 saturated carbocycles. The Morgan fingerprint density at radius 3 is 2.38 bits per heavy atom. The van der Waals surface area contributed by atoms with Crippen molar-refractivity contribution in [3.8, 4) is 0 Å². The molecule has 0 aromatic heterocycles. The van der Waals surface area contributed by atoms with E-state index in [4.69, 9.17) is 0 Å². The van der Waals surface area contributed by atoms with E-state index in [0.29, 0.717) is 5.56 Å². The van der Waals surface area contributed by atoms with Gasteiger partial charge in [0.05, 0.1) is 18.1 Å². The summed E-state index contributed by atoms with van der Waals surface area (Å²) in [5, 5.41) is 9.39. The maximum atomic E-state index is 12.6. The number of nitrogens with zero attached hydrogens (tertiary/aromatic N) is 1. The summed E-state index contributed by atoms with van der Waals surface area (Å²) in [6.45, 7) is 5.32. The van der Waals surface area contributed by atoms with Crippen molar-refractivity contribution in [2.24, 2.45) is 0 Å². The van der Waals surface area contributed by atoms with E-state index < -0.39 is 17.8 Å². The van der Waals surface area contributed by atoms with Gasteiger partial charge in [-0.2, -0.15) is 13.2 Å². The van der Waals surface area contributed by atoms with E-state index in [9.17, 15) is 23.1 Å². The first-order valence-electron chi connectivity index (χ1n) is 6.75. The topological polar surface area (TPSA) is 40.5 Å². The monoisotopic (exact) mass is 303 g/mol. The predicted molar refractivity (Wildman–Crippen MR) is 73.7 cm³/mol. The Balaban J connectivity index is 2.86. The molecule has 1 unspecified atom stereocenters. The molecule has 1 aromatic carbocycles. The summed E-state index contributed by atoms with van der Waals surface area (Å²) in [4.78, 5) is 13.6. The van der Waals surface area contributed by atoms with Gasteiger partial charge in [0.2, 0.25) is 5.91 Å². The first kappa shape index (κ1) is 17.5. The normalized spacial score (nSPS) is 13.3. The van der Waals surface area contributed by atoms with E-state index >= 15 is 0 Å². The molecule has 1 aromatic rings. The van der Waals surface area contributed by atoms with Gasteiger partial charge in [0.15, 0.2) is 0 Å². The van der Waals surface area contributed by atoms with Gasteiger partial charge in [-0.05, 0) is 32.4 Å². The third kappa shape index (κ3) is 5.38. The van der Waals surface area contributed by atoms with Gasteiger partial charge in [-0.3, -0.25) is 4.79 Å². The van der Waals surface area contributed by atoms with Crippen LogP contribution in [-0.2, 0) is 17.4 Å². The molecular formula is C15H20F3NO2. The number of rotatable bonds is 5. The Bertz CT molecular complexity index is 484. The molecule has 0 radical (unpaired) electrons. The molecule has 0 aliphatic heterocycles. The molecule has 0 saturated heterocycles. The molecule has 0 fully saturated rings. The summed E-state index contributed by atoms with van der Waals surface area (Å²) in [5.74, 6) is -0.301. The Morgan fingerprint density at radius 2 is 1.90 bits per heavy atom. The van der Waals surface area contributed by atoms with Crippen LogP contribution in [0.4, 0.5) is 13.2 Å². The van der Waals surface area contributed by atoms with Gasteiger partial charge in [-0.15, -0.1) is 0 Å². The molecule has 1 amide bonds. The minimum absolute atomic E-state index is 0.116. The van der Waals surface area contributed by atoms with Crippen molar-refractivity contribution >= 4 is 5.91 Å². The number of hydrogen-bond acceptors (Lipinski definition) is 2. The van der Waals surface area contributed by atoms with Crippen LogP contribution in [0.15, 0.2) is 24.3 Å². The second-order valence-electron chi connectivity index (χ2n) is 5.36. The van der Waals surface area contributed by atoms with E-state index in [1.807, 2.05) is 0 Å². The second-order valence-corrected chi connectivity index (χ2v) is 5.36. The average Bonchev–Trinajstić information content (AvgIpc) is 2.34. The highest BCUT2D eigenvalue weighted by Crippen LogP contribution is 2.29. The van der Waals surface area contributed by atoms with Crippen molar-refractivity contribution < 1.29 is 23.1 Å². The fraction of sp³-hybridized carbons (Fsp3) is 0.533. The molecule has 3 nitrogen and oxygen atoms in total. The number of alkyl halides is 3. The molecule has 1 N–H and O–H groups in total. The lowest BCUT2D eigenvalue weighted by molar-refractivity contribution is -0.138. The van der Waals surface area contributed by atoms with Crippen LogP contribution in [-0.4, -0.2) is 34.6 Å². The van der Waals surface area contributed by atoms with Crippen molar-refractivity contribution in [3.05, 3.63) is 35.4 Å². The van der Waals surface area contributed by atoms with Gasteiger partial charge >= 0.3 is 6.18 Å². The number of carbonyl (C=O) groups is 1. The molecule has 118 valence electrons. The molecule has 6 heteroatoms. The van der Waals surface area contributed by atoms with Crippen molar-refractivity contribution in [2.45, 2.75) is 45.5 Å². The highest BCUT2D eigenvalue weighted by Gasteiger charge is 2.30. The molecular weight excluding hydrogens is 283 g/mol. The fourth-order valence-electron chi connectivity index (χ4n) is 2.02. The van der Waals surface area contributed by atoms with Gasteiger partial charge in [0.1, 0.15) is 0 Å². The van der Waals surface area contributed by atoms with Crippen molar-refractivity contribution in [1.82, 2.24) is 4.90 Å². The molecule has 21 heavy (non-hydrogen) atoms. The van der Waals surface area contributed by atoms with Gasteiger partial charge < -0.3 is 10.0 Å². The van der Waals surface area contributed by atoms with Gasteiger partial charge in [0, 0.05) is 12.6 Å². The Morgan fingerprint density at radius 1 is 1.29 bits per heavy atom. The minimum atomic E-state index is -4.42. The molecule has 0 aliphatic carbocycles. The van der Waals surface area contributed by atoms with Gasteiger partial charge in [-0.1, -0.05) is 18.2 Å². The lowest BCUT2D eigenvalue weighted by Crippen LogP contribution is -2.42. The summed E-state index contributed by atoms with van der Waals surface area (Å²) in [6, 6.07) is 4.62. The van der Waals surface area contributed by atoms with Crippen LogP contribution in [0.25, 0.3) is 0 Å². The van der Waals surface area contributed by atoms with Crippen LogP contribution >= 0.6 is 0 Å². The molecule has 0 bridgehead atoms. The van der Waals surface area contributed by atoms with Crippen LogP contribution in [0.1, 0.15) is 31.9 Å². The van der Waals surface area contributed by atoms with Crippen molar-refractivity contribution in [3.63, 3.8) is 0 Å². The highest BCUT2D eigenvalue weighted by molar-refractivity contribution is 5.79. The highest BCUT2D eigenvalue weighted by atomic mass is 19.4. The van der Waals surface area contributed by atoms with Gasteiger partial charge in [-0.25, -0.2) is 0 Å². The number of hydrogen-bond donors (Lipinski definition) is 1. The van der Waals surface area contributed by atoms with E-state index in [0.717, 1.165) is 12.1 Å². The van der Waals surface area contributed by atoms with Crippen LogP contribution in [0.3, 0.4) is 0 Å². The maximum absolute atomic E-state index is 12.6. The first-order valence-corrected chi connectivity index (χ1v) is 6.75. The molecule has 1 atom stereocenters. The van der Waals surface area contributed by atoms with E-state index in [1.165, 1.54) is 17.0 Å². The third-order valence-electron chi connectivity index (χ3n) is 3.01. The van der Waals surface area contributed by atoms with Crippen LogP contribution < -0.4 is 0 Å². The van der Waals surface area contributed by atoms with Crippen LogP contribution in [0.5, 0.6) is 0 Å². The SMILES string of the molecule is CC(O)CN(C(=O)Cc1cccc(C(F)(F)F)c1)C(C)C. The molecule has 0 heterocycles. The summed E-state index contributed by atoms with van der Waals surface area (Å²) in [7, 11) is 0. The molecule has 0 aliphatic rings. The zero-order chi connectivity index (χ0) is 16.2. The average molecular weight is 303 g/mol. The smallest absolute Gasteiger partial charge is 0.392 e. The lowest BCUT2D eigenvalue weighted by Gasteiger charge is -2.28. The van der Waals surface area contributed by atoms with Crippen molar-refractivity contribution in [1.29, 1.82) is 0 Å². The zero-order valence-corrected chi connectivity index (χ0v) is 12.3. The Kier molecular flexibility index (Phi) is 5.78. The van der Waals surface area contributed by atoms with E-state index in [-0.39, 0.29) is 24.9 Å². The van der Waals surface area contributed by atoms with E-state index in [2.05, 4.69) is 0 Å². The maximum Gasteiger partial charge on any atom is 0.416 e. The predicted octanol–water partition coefficient (Wildman–Crippen LogP) is 2.87. The number of carbonyl (C=O) groups excluding carboxylic acids is 1. The summed E-state index contributed by atoms with van der Waals surface area (Å²) < 4.78 is 37.9. The number of aliphatic hydroxyl groups excluding tert-OH is 1. The fourth-order valence-corrected chi connectivity index (χ4v) is 2.02. The minimum Gasteiger partial charge on any atom is -0.392 e. The number of benzene rings is 1. The zero-order valence-electron chi connectivity index (χ0n) is 12.3. The number of amides is 1. The standard InChI is InChI=1S/C15H20F3NO2/c1-10(2)19(9-11(3)20)14(21)8-12-5-4-6-13(7-12)15(16,17)18/h4-7,10-11,20H,8-9H2,1-3H3.